The van der Waals surface area contributed by atoms with E-state index in [9.17, 15) is 0 Å². The summed E-state index contributed by atoms with van der Waals surface area (Å²) in [5.41, 5.74) is 1.13. The molecule has 1 aromatic carbocycles. The van der Waals surface area contributed by atoms with Crippen LogP contribution in [0, 0.1) is 0 Å². The number of nitrogens with zero attached hydrogens (tertiary/aromatic N) is 2. The van der Waals surface area contributed by atoms with Gasteiger partial charge in [-0.1, -0.05) is 29.5 Å². The fourth-order valence-electron chi connectivity index (χ4n) is 1.81. The molecular weight excluding hydrogens is 274 g/mol. The number of methoxy groups -OCH3 is 2. The van der Waals surface area contributed by atoms with Gasteiger partial charge in [0.2, 0.25) is 0 Å². The Bertz CT molecular complexity index is 531. The highest BCUT2D eigenvalue weighted by Crippen LogP contribution is 2.22. The molecule has 0 unspecified atom stereocenters. The normalized spacial score (nSPS) is 10.7. The summed E-state index contributed by atoms with van der Waals surface area (Å²) in [7, 11) is 3.38. The van der Waals surface area contributed by atoms with Crippen molar-refractivity contribution in [2.45, 2.75) is 13.0 Å². The van der Waals surface area contributed by atoms with Gasteiger partial charge < -0.3 is 14.8 Å². The molecule has 108 valence electrons. The molecule has 0 atom stereocenters. The number of ether oxygens (including phenoxy) is 2. The van der Waals surface area contributed by atoms with Crippen molar-refractivity contribution in [2.24, 2.45) is 0 Å². The lowest BCUT2D eigenvalue weighted by Gasteiger charge is -2.05. The molecule has 0 radical (unpaired) electrons. The van der Waals surface area contributed by atoms with E-state index in [1.54, 1.807) is 25.6 Å². The summed E-state index contributed by atoms with van der Waals surface area (Å²) < 4.78 is 10.3. The molecule has 0 aliphatic carbocycles. The average molecular weight is 293 g/mol. The zero-order chi connectivity index (χ0) is 14.2. The minimum absolute atomic E-state index is 0.701. The van der Waals surface area contributed by atoms with Crippen LogP contribution >= 0.6 is 11.3 Å². The molecule has 6 heteroatoms. The number of nitrogens with one attached hydrogen (secondary N) is 1. The van der Waals surface area contributed by atoms with Crippen molar-refractivity contribution in [2.75, 3.05) is 27.4 Å². The van der Waals surface area contributed by atoms with E-state index in [1.165, 1.54) is 0 Å². The Morgan fingerprint density at radius 3 is 2.75 bits per heavy atom. The summed E-state index contributed by atoms with van der Waals surface area (Å²) in [6.07, 6.45) is 0.750. The highest BCUT2D eigenvalue weighted by Gasteiger charge is 2.08. The van der Waals surface area contributed by atoms with Gasteiger partial charge in [-0.2, -0.15) is 0 Å². The maximum Gasteiger partial charge on any atom is 0.131 e. The quantitative estimate of drug-likeness (QED) is 0.753. The van der Waals surface area contributed by atoms with Crippen LogP contribution in [0.25, 0.3) is 0 Å². The Labute approximate surface area is 123 Å². The third-order valence-electron chi connectivity index (χ3n) is 2.80. The minimum Gasteiger partial charge on any atom is -0.496 e. The first-order valence-electron chi connectivity index (χ1n) is 6.46. The van der Waals surface area contributed by atoms with E-state index in [4.69, 9.17) is 9.47 Å². The van der Waals surface area contributed by atoms with Gasteiger partial charge in [-0.3, -0.25) is 0 Å². The molecule has 1 aromatic heterocycles. The molecule has 0 fully saturated rings. The van der Waals surface area contributed by atoms with Crippen LogP contribution in [0.3, 0.4) is 0 Å². The predicted molar refractivity (Wildman–Crippen MR) is 79.3 cm³/mol. The summed E-state index contributed by atoms with van der Waals surface area (Å²) in [5, 5.41) is 13.7. The molecule has 1 heterocycles. The van der Waals surface area contributed by atoms with E-state index in [0.29, 0.717) is 6.61 Å². The van der Waals surface area contributed by atoms with Crippen LogP contribution in [0.4, 0.5) is 0 Å². The smallest absolute Gasteiger partial charge is 0.131 e. The van der Waals surface area contributed by atoms with Gasteiger partial charge in [0.15, 0.2) is 0 Å². The van der Waals surface area contributed by atoms with Crippen molar-refractivity contribution in [3.63, 3.8) is 0 Å². The molecule has 0 saturated heterocycles. The fourth-order valence-corrected chi connectivity index (χ4v) is 2.65. The van der Waals surface area contributed by atoms with Gasteiger partial charge in [0, 0.05) is 32.2 Å². The van der Waals surface area contributed by atoms with Crippen LogP contribution < -0.4 is 10.1 Å². The summed E-state index contributed by atoms with van der Waals surface area (Å²) in [4.78, 5) is 0. The second-order valence-corrected chi connectivity index (χ2v) is 5.39. The second kappa shape index (κ2) is 7.94. The average Bonchev–Trinajstić information content (AvgIpc) is 2.92. The maximum atomic E-state index is 5.35. The topological polar surface area (TPSA) is 56.3 Å². The van der Waals surface area contributed by atoms with E-state index >= 15 is 0 Å². The second-order valence-electron chi connectivity index (χ2n) is 4.25. The van der Waals surface area contributed by atoms with Gasteiger partial charge in [0.1, 0.15) is 15.8 Å². The number of hydrogen-bond acceptors (Lipinski definition) is 6. The summed E-state index contributed by atoms with van der Waals surface area (Å²) in [5.74, 6) is 0.891. The predicted octanol–water partition coefficient (Wildman–Crippen LogP) is 1.87. The Morgan fingerprint density at radius 1 is 1.15 bits per heavy atom. The van der Waals surface area contributed by atoms with Crippen molar-refractivity contribution in [1.82, 2.24) is 15.5 Å². The van der Waals surface area contributed by atoms with Crippen LogP contribution in [0.2, 0.25) is 0 Å². The van der Waals surface area contributed by atoms with Crippen molar-refractivity contribution in [3.8, 4) is 5.75 Å². The molecule has 1 N–H and O–H groups in total. The summed E-state index contributed by atoms with van der Waals surface area (Å²) in [6.45, 7) is 2.25. The Kier molecular flexibility index (Phi) is 5.91. The van der Waals surface area contributed by atoms with Gasteiger partial charge >= 0.3 is 0 Å². The first-order valence-corrected chi connectivity index (χ1v) is 7.28. The standard InChI is InChI=1S/C14H19N3O2S/c1-18-8-7-15-10-14-17-16-13(20-14)9-11-5-3-4-6-12(11)19-2/h3-6,15H,7-10H2,1-2H3. The van der Waals surface area contributed by atoms with E-state index in [1.807, 2.05) is 18.2 Å². The van der Waals surface area contributed by atoms with Gasteiger partial charge in [0.25, 0.3) is 0 Å². The highest BCUT2D eigenvalue weighted by molar-refractivity contribution is 7.11. The van der Waals surface area contributed by atoms with E-state index in [-0.39, 0.29) is 0 Å². The Hall–Kier alpha value is -1.50. The Balaban J connectivity index is 1.92. The molecule has 20 heavy (non-hydrogen) atoms. The molecule has 0 amide bonds. The maximum absolute atomic E-state index is 5.35. The number of para-hydroxylation sites is 1. The molecule has 0 bridgehead atoms. The van der Waals surface area contributed by atoms with Crippen molar-refractivity contribution >= 4 is 11.3 Å². The SMILES string of the molecule is COCCNCc1nnc(Cc2ccccc2OC)s1. The molecule has 0 aliphatic heterocycles. The van der Waals surface area contributed by atoms with Gasteiger partial charge in [-0.15, -0.1) is 10.2 Å². The third-order valence-corrected chi connectivity index (χ3v) is 3.73. The molecule has 0 saturated carbocycles. The number of hydrogen-bond donors (Lipinski definition) is 1. The van der Waals surface area contributed by atoms with Crippen molar-refractivity contribution in [3.05, 3.63) is 39.8 Å². The number of rotatable bonds is 8. The zero-order valence-electron chi connectivity index (χ0n) is 11.8. The monoisotopic (exact) mass is 293 g/mol. The summed E-state index contributed by atoms with van der Waals surface area (Å²) >= 11 is 1.62. The van der Waals surface area contributed by atoms with Crippen molar-refractivity contribution < 1.29 is 9.47 Å². The van der Waals surface area contributed by atoms with Gasteiger partial charge in [0.05, 0.1) is 13.7 Å². The molecule has 5 nitrogen and oxygen atoms in total. The van der Waals surface area contributed by atoms with Crippen LogP contribution in [-0.4, -0.2) is 37.6 Å². The van der Waals surface area contributed by atoms with Crippen LogP contribution in [-0.2, 0) is 17.7 Å². The van der Waals surface area contributed by atoms with Crippen molar-refractivity contribution in [1.29, 1.82) is 0 Å². The largest absolute Gasteiger partial charge is 0.496 e. The Morgan fingerprint density at radius 2 is 1.95 bits per heavy atom. The first kappa shape index (κ1) is 14.9. The van der Waals surface area contributed by atoms with Crippen LogP contribution in [0.15, 0.2) is 24.3 Å². The zero-order valence-corrected chi connectivity index (χ0v) is 12.6. The fraction of sp³-hybridized carbons (Fsp3) is 0.429. The molecule has 2 rings (SSSR count). The lowest BCUT2D eigenvalue weighted by atomic mass is 10.1. The molecule has 0 spiro atoms. The van der Waals surface area contributed by atoms with Crippen LogP contribution in [0.5, 0.6) is 5.75 Å². The highest BCUT2D eigenvalue weighted by atomic mass is 32.1. The lowest BCUT2D eigenvalue weighted by molar-refractivity contribution is 0.199. The lowest BCUT2D eigenvalue weighted by Crippen LogP contribution is -2.18. The molecule has 0 aliphatic rings. The minimum atomic E-state index is 0.701. The molecular formula is C14H19N3O2S. The number of aromatic nitrogens is 2. The summed E-state index contributed by atoms with van der Waals surface area (Å²) in [6, 6.07) is 7.99. The number of benzene rings is 1. The van der Waals surface area contributed by atoms with E-state index < -0.39 is 0 Å². The van der Waals surface area contributed by atoms with E-state index in [0.717, 1.165) is 40.8 Å². The van der Waals surface area contributed by atoms with Gasteiger partial charge in [-0.05, 0) is 6.07 Å². The van der Waals surface area contributed by atoms with Gasteiger partial charge in [-0.25, -0.2) is 0 Å². The first-order chi connectivity index (χ1) is 9.83. The molecule has 2 aromatic rings. The van der Waals surface area contributed by atoms with Crippen LogP contribution in [0.1, 0.15) is 15.6 Å². The van der Waals surface area contributed by atoms with E-state index in [2.05, 4.69) is 21.6 Å². The third kappa shape index (κ3) is 4.26.